The fourth-order valence-electron chi connectivity index (χ4n) is 3.40. The molecule has 0 aliphatic carbocycles. The largest absolute Gasteiger partial charge is 0.427 e. The van der Waals surface area contributed by atoms with E-state index in [0.717, 1.165) is 41.8 Å². The molecule has 0 aliphatic rings. The molecule has 0 N–H and O–H groups in total. The molecule has 0 bridgehead atoms. The van der Waals surface area contributed by atoms with Gasteiger partial charge in [0.15, 0.2) is 0 Å². The molecule has 146 valence electrons. The number of hydrogen-bond donors (Lipinski definition) is 0. The quantitative estimate of drug-likeness (QED) is 0.297. The van der Waals surface area contributed by atoms with Crippen molar-refractivity contribution in [3.05, 3.63) is 84.4 Å². The summed E-state index contributed by atoms with van der Waals surface area (Å²) in [6.45, 7) is 2.80. The summed E-state index contributed by atoms with van der Waals surface area (Å²) in [4.78, 5) is 16.7. The third kappa shape index (κ3) is 4.37. The Labute approximate surface area is 170 Å². The Hall–Kier alpha value is -3.40. The molecule has 4 rings (SSSR count). The van der Waals surface area contributed by atoms with Crippen LogP contribution in [0.4, 0.5) is 0 Å². The zero-order chi connectivity index (χ0) is 20.1. The summed E-state index contributed by atoms with van der Waals surface area (Å²) in [5.74, 6) is 1.29. The second-order valence-corrected chi connectivity index (χ2v) is 7.10. The molecule has 3 aromatic carbocycles. The van der Waals surface area contributed by atoms with Gasteiger partial charge in [0.2, 0.25) is 0 Å². The van der Waals surface area contributed by atoms with Gasteiger partial charge in [-0.25, -0.2) is 4.98 Å². The molecule has 0 radical (unpaired) electrons. The monoisotopic (exact) mass is 384 g/mol. The molecule has 1 heterocycles. The number of ether oxygens (including phenoxy) is 1. The molecule has 4 heteroatoms. The Morgan fingerprint density at radius 2 is 1.66 bits per heavy atom. The molecular weight excluding hydrogens is 360 g/mol. The zero-order valence-electron chi connectivity index (χ0n) is 16.5. The van der Waals surface area contributed by atoms with Crippen LogP contribution in [0.15, 0.2) is 78.9 Å². The van der Waals surface area contributed by atoms with Crippen molar-refractivity contribution in [1.29, 1.82) is 0 Å². The molecular formula is C25H24N2O2. The van der Waals surface area contributed by atoms with Crippen LogP contribution in [0.1, 0.15) is 31.7 Å². The highest BCUT2D eigenvalue weighted by molar-refractivity contribution is 5.81. The van der Waals surface area contributed by atoms with Gasteiger partial charge in [-0.3, -0.25) is 4.79 Å². The van der Waals surface area contributed by atoms with Crippen molar-refractivity contribution in [3.8, 4) is 17.1 Å². The minimum absolute atomic E-state index is 0.184. The second kappa shape index (κ2) is 8.74. The van der Waals surface area contributed by atoms with Crippen molar-refractivity contribution < 1.29 is 9.53 Å². The molecule has 0 fully saturated rings. The maximum atomic E-state index is 11.9. The lowest BCUT2D eigenvalue weighted by Crippen LogP contribution is -2.07. The molecule has 0 spiro atoms. The third-order valence-corrected chi connectivity index (χ3v) is 4.92. The highest BCUT2D eigenvalue weighted by Gasteiger charge is 2.13. The van der Waals surface area contributed by atoms with Gasteiger partial charge in [0, 0.05) is 18.5 Å². The number of carbonyl (C=O) groups is 1. The molecule has 4 nitrogen and oxygen atoms in total. The Morgan fingerprint density at radius 3 is 2.41 bits per heavy atom. The number of rotatable bonds is 7. The summed E-state index contributed by atoms with van der Waals surface area (Å²) < 4.78 is 7.66. The van der Waals surface area contributed by atoms with Crippen molar-refractivity contribution in [2.24, 2.45) is 0 Å². The van der Waals surface area contributed by atoms with Gasteiger partial charge >= 0.3 is 5.97 Å². The number of benzene rings is 3. The second-order valence-electron chi connectivity index (χ2n) is 7.10. The molecule has 0 aliphatic heterocycles. The Balaban J connectivity index is 1.65. The summed E-state index contributed by atoms with van der Waals surface area (Å²) in [5, 5.41) is 0. The summed E-state index contributed by atoms with van der Waals surface area (Å²) >= 11 is 0. The van der Waals surface area contributed by atoms with Crippen LogP contribution in [0.5, 0.6) is 5.75 Å². The zero-order valence-corrected chi connectivity index (χ0v) is 16.5. The lowest BCUT2D eigenvalue weighted by atomic mass is 10.2. The highest BCUT2D eigenvalue weighted by atomic mass is 16.5. The van der Waals surface area contributed by atoms with Crippen molar-refractivity contribution in [1.82, 2.24) is 9.55 Å². The van der Waals surface area contributed by atoms with Gasteiger partial charge in [-0.05, 0) is 48.4 Å². The van der Waals surface area contributed by atoms with E-state index in [4.69, 9.17) is 9.72 Å². The van der Waals surface area contributed by atoms with Crippen LogP contribution in [0.3, 0.4) is 0 Å². The average molecular weight is 384 g/mol. The van der Waals surface area contributed by atoms with Crippen molar-refractivity contribution in [2.75, 3.05) is 0 Å². The standard InChI is InChI=1S/C25H24N2O2/c1-2-3-13-24(28)29-21-16-14-20(15-17-21)25-26-22-11-7-8-12-23(22)27(25)18-19-9-5-4-6-10-19/h4-12,14-17H,2-3,13,18H2,1H3. The molecule has 0 saturated heterocycles. The van der Waals surface area contributed by atoms with E-state index in [9.17, 15) is 4.79 Å². The Morgan fingerprint density at radius 1 is 0.931 bits per heavy atom. The molecule has 0 unspecified atom stereocenters. The van der Waals surface area contributed by atoms with E-state index in [1.54, 1.807) is 0 Å². The van der Waals surface area contributed by atoms with Crippen LogP contribution in [0, 0.1) is 0 Å². The van der Waals surface area contributed by atoms with Gasteiger partial charge in [-0.1, -0.05) is 55.8 Å². The van der Waals surface area contributed by atoms with Gasteiger partial charge in [0.05, 0.1) is 11.0 Å². The van der Waals surface area contributed by atoms with E-state index in [-0.39, 0.29) is 5.97 Å². The minimum atomic E-state index is -0.184. The number of fused-ring (bicyclic) bond motifs is 1. The Kier molecular flexibility index (Phi) is 5.71. The van der Waals surface area contributed by atoms with E-state index in [1.807, 2.05) is 48.5 Å². The molecule has 0 atom stereocenters. The van der Waals surface area contributed by atoms with Crippen LogP contribution in [-0.2, 0) is 11.3 Å². The topological polar surface area (TPSA) is 44.1 Å². The Bertz CT molecular complexity index is 1100. The number of carbonyl (C=O) groups excluding carboxylic acids is 1. The summed E-state index contributed by atoms with van der Waals surface area (Å²) in [6, 6.07) is 26.1. The first-order valence-corrected chi connectivity index (χ1v) is 10.0. The third-order valence-electron chi connectivity index (χ3n) is 4.92. The van der Waals surface area contributed by atoms with Crippen LogP contribution in [0.2, 0.25) is 0 Å². The van der Waals surface area contributed by atoms with E-state index in [0.29, 0.717) is 12.2 Å². The van der Waals surface area contributed by atoms with Gasteiger partial charge in [0.25, 0.3) is 0 Å². The lowest BCUT2D eigenvalue weighted by molar-refractivity contribution is -0.134. The lowest BCUT2D eigenvalue weighted by Gasteiger charge is -2.10. The van der Waals surface area contributed by atoms with Gasteiger partial charge in [-0.15, -0.1) is 0 Å². The normalized spacial score (nSPS) is 10.9. The van der Waals surface area contributed by atoms with Gasteiger partial charge in [0.1, 0.15) is 11.6 Å². The first-order valence-electron chi connectivity index (χ1n) is 10.0. The minimum Gasteiger partial charge on any atom is -0.427 e. The van der Waals surface area contributed by atoms with Gasteiger partial charge in [-0.2, -0.15) is 0 Å². The highest BCUT2D eigenvalue weighted by Crippen LogP contribution is 2.27. The van der Waals surface area contributed by atoms with Crippen molar-refractivity contribution >= 4 is 17.0 Å². The van der Waals surface area contributed by atoms with Gasteiger partial charge < -0.3 is 9.30 Å². The van der Waals surface area contributed by atoms with Crippen LogP contribution < -0.4 is 4.74 Å². The molecule has 0 amide bonds. The number of nitrogens with zero attached hydrogens (tertiary/aromatic N) is 2. The van der Waals surface area contributed by atoms with E-state index < -0.39 is 0 Å². The maximum absolute atomic E-state index is 11.9. The van der Waals surface area contributed by atoms with Crippen LogP contribution in [0.25, 0.3) is 22.4 Å². The van der Waals surface area contributed by atoms with E-state index in [2.05, 4.69) is 41.8 Å². The average Bonchev–Trinajstić information content (AvgIpc) is 3.12. The number of esters is 1. The van der Waals surface area contributed by atoms with Crippen molar-refractivity contribution in [2.45, 2.75) is 32.7 Å². The van der Waals surface area contributed by atoms with Crippen molar-refractivity contribution in [3.63, 3.8) is 0 Å². The summed E-state index contributed by atoms with van der Waals surface area (Å²) in [5.41, 5.74) is 4.28. The number of unbranched alkanes of at least 4 members (excludes halogenated alkanes) is 1. The molecule has 0 saturated carbocycles. The number of imidazole rings is 1. The van der Waals surface area contributed by atoms with E-state index >= 15 is 0 Å². The number of aromatic nitrogens is 2. The predicted molar refractivity (Wildman–Crippen MR) is 116 cm³/mol. The molecule has 4 aromatic rings. The maximum Gasteiger partial charge on any atom is 0.311 e. The fourth-order valence-corrected chi connectivity index (χ4v) is 3.40. The smallest absolute Gasteiger partial charge is 0.311 e. The molecule has 1 aromatic heterocycles. The SMILES string of the molecule is CCCCC(=O)Oc1ccc(-c2nc3ccccc3n2Cc2ccccc2)cc1. The summed E-state index contributed by atoms with van der Waals surface area (Å²) in [7, 11) is 0. The summed E-state index contributed by atoms with van der Waals surface area (Å²) in [6.07, 6.45) is 2.28. The predicted octanol–water partition coefficient (Wildman–Crippen LogP) is 5.85. The molecule has 29 heavy (non-hydrogen) atoms. The first-order chi connectivity index (χ1) is 14.2. The van der Waals surface area contributed by atoms with Crippen LogP contribution in [-0.4, -0.2) is 15.5 Å². The van der Waals surface area contributed by atoms with Crippen LogP contribution >= 0.6 is 0 Å². The fraction of sp³-hybridized carbons (Fsp3) is 0.200. The number of para-hydroxylation sites is 2. The van der Waals surface area contributed by atoms with E-state index in [1.165, 1.54) is 5.56 Å². The number of hydrogen-bond acceptors (Lipinski definition) is 3. The first kappa shape index (κ1) is 18.9.